The second-order valence-electron chi connectivity index (χ2n) is 6.03. The second-order valence-corrected chi connectivity index (χ2v) is 6.44. The summed E-state index contributed by atoms with van der Waals surface area (Å²) in [6, 6.07) is 3.03. The van der Waals surface area contributed by atoms with Gasteiger partial charge in [0.05, 0.1) is 24.8 Å². The zero-order valence-electron chi connectivity index (χ0n) is 15.8. The maximum absolute atomic E-state index is 12.3. The first kappa shape index (κ1) is 23.4. The van der Waals surface area contributed by atoms with Crippen LogP contribution in [0.2, 0.25) is 5.02 Å². The smallest absolute Gasteiger partial charge is 0.401 e. The molecule has 0 atom stereocenters. The van der Waals surface area contributed by atoms with E-state index in [-0.39, 0.29) is 24.0 Å². The van der Waals surface area contributed by atoms with E-state index in [0.29, 0.717) is 36.7 Å². The van der Waals surface area contributed by atoms with Gasteiger partial charge < -0.3 is 14.8 Å². The van der Waals surface area contributed by atoms with Crippen molar-refractivity contribution in [2.75, 3.05) is 39.9 Å². The van der Waals surface area contributed by atoms with E-state index in [1.165, 1.54) is 13.1 Å². The number of carbonyl (C=O) groups excluding carboxylic acids is 1. The molecular formula is C18H26ClF3N2O3. The van der Waals surface area contributed by atoms with Gasteiger partial charge in [-0.3, -0.25) is 9.69 Å². The van der Waals surface area contributed by atoms with Crippen molar-refractivity contribution in [3.05, 3.63) is 22.7 Å². The maximum Gasteiger partial charge on any atom is 0.401 e. The lowest BCUT2D eigenvalue weighted by Crippen LogP contribution is -2.33. The number of amides is 1. The number of hydrogen-bond acceptors (Lipinski definition) is 4. The third-order valence-corrected chi connectivity index (χ3v) is 3.75. The minimum atomic E-state index is -4.23. The summed E-state index contributed by atoms with van der Waals surface area (Å²) < 4.78 is 47.9. The van der Waals surface area contributed by atoms with Crippen LogP contribution in [0.5, 0.6) is 11.5 Å². The molecule has 5 nitrogen and oxygen atoms in total. The Morgan fingerprint density at radius 3 is 2.56 bits per heavy atom. The SMILES string of the molecule is CCCOc1c(Cl)cc(C(=O)NCCCN(C)CC(F)(F)F)cc1OCC. The number of ether oxygens (including phenoxy) is 2. The fourth-order valence-electron chi connectivity index (χ4n) is 2.34. The van der Waals surface area contributed by atoms with Crippen molar-refractivity contribution in [3.8, 4) is 11.5 Å². The first-order valence-corrected chi connectivity index (χ1v) is 9.18. The quantitative estimate of drug-likeness (QED) is 0.557. The van der Waals surface area contributed by atoms with Crippen molar-refractivity contribution in [3.63, 3.8) is 0 Å². The van der Waals surface area contributed by atoms with Gasteiger partial charge in [-0.1, -0.05) is 18.5 Å². The highest BCUT2D eigenvalue weighted by molar-refractivity contribution is 6.32. The first-order valence-electron chi connectivity index (χ1n) is 8.80. The Balaban J connectivity index is 2.64. The molecule has 0 radical (unpaired) electrons. The van der Waals surface area contributed by atoms with Gasteiger partial charge in [0.25, 0.3) is 5.91 Å². The summed E-state index contributed by atoms with van der Waals surface area (Å²) in [6.07, 6.45) is -3.04. The minimum Gasteiger partial charge on any atom is -0.490 e. The lowest BCUT2D eigenvalue weighted by Gasteiger charge is -2.18. The van der Waals surface area contributed by atoms with Crippen LogP contribution in [0.4, 0.5) is 13.2 Å². The van der Waals surface area contributed by atoms with E-state index in [0.717, 1.165) is 11.3 Å². The topological polar surface area (TPSA) is 50.8 Å². The molecule has 1 aromatic carbocycles. The van der Waals surface area contributed by atoms with E-state index in [1.54, 1.807) is 6.07 Å². The number of hydrogen-bond donors (Lipinski definition) is 1. The molecule has 0 aliphatic heterocycles. The van der Waals surface area contributed by atoms with E-state index in [9.17, 15) is 18.0 Å². The Kier molecular flexibility index (Phi) is 9.73. The number of nitrogens with zero attached hydrogens (tertiary/aromatic N) is 1. The number of benzene rings is 1. The van der Waals surface area contributed by atoms with Gasteiger partial charge in [-0.15, -0.1) is 0 Å². The van der Waals surface area contributed by atoms with Crippen LogP contribution in [-0.2, 0) is 0 Å². The van der Waals surface area contributed by atoms with Crippen molar-refractivity contribution in [1.82, 2.24) is 10.2 Å². The molecule has 9 heteroatoms. The molecule has 1 rings (SSSR count). The van der Waals surface area contributed by atoms with Crippen LogP contribution in [0.3, 0.4) is 0 Å². The van der Waals surface area contributed by atoms with Crippen LogP contribution in [0.25, 0.3) is 0 Å². The van der Waals surface area contributed by atoms with E-state index in [4.69, 9.17) is 21.1 Å². The Labute approximate surface area is 162 Å². The molecule has 1 amide bonds. The van der Waals surface area contributed by atoms with Gasteiger partial charge in [-0.2, -0.15) is 13.2 Å². The van der Waals surface area contributed by atoms with Gasteiger partial charge in [0, 0.05) is 12.1 Å². The lowest BCUT2D eigenvalue weighted by atomic mass is 10.2. The highest BCUT2D eigenvalue weighted by atomic mass is 35.5. The third kappa shape index (κ3) is 8.71. The zero-order chi connectivity index (χ0) is 20.4. The van der Waals surface area contributed by atoms with Gasteiger partial charge in [0.1, 0.15) is 0 Å². The van der Waals surface area contributed by atoms with Crippen LogP contribution in [0.15, 0.2) is 12.1 Å². The molecule has 0 unspecified atom stereocenters. The second kappa shape index (κ2) is 11.2. The van der Waals surface area contributed by atoms with Gasteiger partial charge in [-0.05, 0) is 45.5 Å². The van der Waals surface area contributed by atoms with Crippen molar-refractivity contribution in [1.29, 1.82) is 0 Å². The van der Waals surface area contributed by atoms with Crippen LogP contribution < -0.4 is 14.8 Å². The number of halogens is 4. The third-order valence-electron chi connectivity index (χ3n) is 3.47. The number of nitrogens with one attached hydrogen (secondary N) is 1. The van der Waals surface area contributed by atoms with Gasteiger partial charge in [-0.25, -0.2) is 0 Å². The Morgan fingerprint density at radius 2 is 1.96 bits per heavy atom. The summed E-state index contributed by atoms with van der Waals surface area (Å²) in [5.74, 6) is 0.401. The number of carbonyl (C=O) groups is 1. The molecule has 0 saturated carbocycles. The summed E-state index contributed by atoms with van der Waals surface area (Å²) >= 11 is 6.22. The normalized spacial score (nSPS) is 11.6. The standard InChI is InChI=1S/C18H26ClF3N2O3/c1-4-9-27-16-14(19)10-13(11-15(16)26-5-2)17(25)23-7-6-8-24(3)12-18(20,21)22/h10-11H,4-9,12H2,1-3H3,(H,23,25). The average molecular weight is 411 g/mol. The summed E-state index contributed by atoms with van der Waals surface area (Å²) in [5.41, 5.74) is 0.302. The molecule has 154 valence electrons. The Bertz CT molecular complexity index is 612. The monoisotopic (exact) mass is 410 g/mol. The molecule has 0 spiro atoms. The largest absolute Gasteiger partial charge is 0.490 e. The highest BCUT2D eigenvalue weighted by Gasteiger charge is 2.28. The van der Waals surface area contributed by atoms with Crippen LogP contribution in [0, 0.1) is 0 Å². The Morgan fingerprint density at radius 1 is 1.26 bits per heavy atom. The van der Waals surface area contributed by atoms with Crippen molar-refractivity contribution >= 4 is 17.5 Å². The van der Waals surface area contributed by atoms with E-state index in [1.807, 2.05) is 13.8 Å². The summed E-state index contributed by atoms with van der Waals surface area (Å²) in [5, 5.41) is 2.94. The number of rotatable bonds is 11. The molecule has 0 aromatic heterocycles. The minimum absolute atomic E-state index is 0.217. The molecule has 1 N–H and O–H groups in total. The average Bonchev–Trinajstić information content (AvgIpc) is 2.56. The fraction of sp³-hybridized carbons (Fsp3) is 0.611. The molecule has 0 heterocycles. The van der Waals surface area contributed by atoms with Crippen molar-refractivity contribution in [2.45, 2.75) is 32.9 Å². The van der Waals surface area contributed by atoms with Crippen molar-refractivity contribution in [2.24, 2.45) is 0 Å². The molecule has 0 aliphatic carbocycles. The fourth-order valence-corrected chi connectivity index (χ4v) is 2.61. The predicted octanol–water partition coefficient (Wildman–Crippen LogP) is 4.14. The summed E-state index contributed by atoms with van der Waals surface area (Å²) in [6.45, 7) is 4.11. The van der Waals surface area contributed by atoms with Crippen LogP contribution >= 0.6 is 11.6 Å². The van der Waals surface area contributed by atoms with E-state index >= 15 is 0 Å². The molecule has 0 aliphatic rings. The van der Waals surface area contributed by atoms with E-state index in [2.05, 4.69) is 5.32 Å². The first-order chi connectivity index (χ1) is 12.7. The van der Waals surface area contributed by atoms with Gasteiger partial charge in [0.2, 0.25) is 0 Å². The predicted molar refractivity (Wildman–Crippen MR) is 98.9 cm³/mol. The van der Waals surface area contributed by atoms with Crippen LogP contribution in [0.1, 0.15) is 37.0 Å². The van der Waals surface area contributed by atoms with Gasteiger partial charge in [0.15, 0.2) is 11.5 Å². The highest BCUT2D eigenvalue weighted by Crippen LogP contribution is 2.36. The molecule has 0 bridgehead atoms. The molecule has 27 heavy (non-hydrogen) atoms. The Hall–Kier alpha value is -1.67. The zero-order valence-corrected chi connectivity index (χ0v) is 16.5. The molecule has 0 saturated heterocycles. The van der Waals surface area contributed by atoms with Gasteiger partial charge >= 0.3 is 6.18 Å². The maximum atomic E-state index is 12.3. The molecule has 0 fully saturated rings. The van der Waals surface area contributed by atoms with E-state index < -0.39 is 12.7 Å². The number of alkyl halides is 3. The molecular weight excluding hydrogens is 385 g/mol. The van der Waals surface area contributed by atoms with Crippen molar-refractivity contribution < 1.29 is 27.4 Å². The lowest BCUT2D eigenvalue weighted by molar-refractivity contribution is -0.143. The molecule has 1 aromatic rings. The summed E-state index contributed by atoms with van der Waals surface area (Å²) in [4.78, 5) is 13.5. The van der Waals surface area contributed by atoms with Crippen LogP contribution in [-0.4, -0.2) is 56.9 Å². The summed E-state index contributed by atoms with van der Waals surface area (Å²) in [7, 11) is 1.39.